The molecule has 4 aromatic heterocycles. The second-order valence-corrected chi connectivity index (χ2v) is 8.04. The van der Waals surface area contributed by atoms with Gasteiger partial charge >= 0.3 is 6.18 Å². The van der Waals surface area contributed by atoms with E-state index in [0.717, 1.165) is 23.1 Å². The van der Waals surface area contributed by atoms with Gasteiger partial charge in [0.2, 0.25) is 5.82 Å². The molecule has 0 spiro atoms. The van der Waals surface area contributed by atoms with E-state index in [1.54, 1.807) is 6.92 Å². The van der Waals surface area contributed by atoms with Gasteiger partial charge in [-0.25, -0.2) is 33.4 Å². The quantitative estimate of drug-likeness (QED) is 0.336. The second-order valence-electron chi connectivity index (χ2n) is 8.04. The maximum absolute atomic E-state index is 14.3. The van der Waals surface area contributed by atoms with Crippen LogP contribution >= 0.6 is 0 Å². The Morgan fingerprint density at radius 2 is 1.84 bits per heavy atom. The number of alkyl halides is 3. The van der Waals surface area contributed by atoms with Gasteiger partial charge in [0.15, 0.2) is 11.6 Å². The minimum atomic E-state index is -4.76. The van der Waals surface area contributed by atoms with Crippen molar-refractivity contribution in [1.29, 1.82) is 5.26 Å². The molecule has 2 N–H and O–H groups in total. The van der Waals surface area contributed by atoms with Gasteiger partial charge in [-0.2, -0.15) is 18.4 Å². The molecule has 0 aliphatic heterocycles. The van der Waals surface area contributed by atoms with Gasteiger partial charge in [0, 0.05) is 23.5 Å². The minimum absolute atomic E-state index is 0.0195. The highest BCUT2D eigenvalue weighted by Crippen LogP contribution is 2.40. The lowest BCUT2D eigenvalue weighted by molar-refractivity contribution is -0.144. The summed E-state index contributed by atoms with van der Waals surface area (Å²) in [5, 5.41) is 18.4. The first kappa shape index (κ1) is 24.7. The third-order valence-corrected chi connectivity index (χ3v) is 5.84. The molecule has 0 bridgehead atoms. The van der Waals surface area contributed by atoms with Crippen LogP contribution in [0.15, 0.2) is 43.1 Å². The Kier molecular flexibility index (Phi) is 5.94. The number of rotatable bonds is 5. The Morgan fingerprint density at radius 1 is 1.11 bits per heavy atom. The van der Waals surface area contributed by atoms with Crippen molar-refractivity contribution >= 4 is 16.9 Å². The normalized spacial score (nSPS) is 12.6. The molecular formula is C23H15F5N10. The lowest BCUT2D eigenvalue weighted by Gasteiger charge is -2.16. The number of anilines is 1. The van der Waals surface area contributed by atoms with Gasteiger partial charge in [-0.15, -0.1) is 5.10 Å². The molecule has 1 atom stereocenters. The monoisotopic (exact) mass is 526 g/mol. The highest BCUT2D eigenvalue weighted by molar-refractivity contribution is 6.03. The van der Waals surface area contributed by atoms with Gasteiger partial charge in [-0.05, 0) is 18.6 Å². The summed E-state index contributed by atoms with van der Waals surface area (Å²) in [5.74, 6) is -3.56. The van der Waals surface area contributed by atoms with E-state index in [0.29, 0.717) is 6.42 Å². The zero-order valence-electron chi connectivity index (χ0n) is 19.3. The lowest BCUT2D eigenvalue weighted by atomic mass is 10.1. The predicted octanol–water partition coefficient (Wildman–Crippen LogP) is 4.22. The Hall–Kier alpha value is -5.00. The smallest absolute Gasteiger partial charge is 0.383 e. The maximum atomic E-state index is 14.3. The molecule has 0 fully saturated rings. The van der Waals surface area contributed by atoms with Crippen molar-refractivity contribution < 1.29 is 22.0 Å². The number of hydrogen-bond donors (Lipinski definition) is 1. The highest BCUT2D eigenvalue weighted by atomic mass is 19.4. The summed E-state index contributed by atoms with van der Waals surface area (Å²) in [7, 11) is 0. The summed E-state index contributed by atoms with van der Waals surface area (Å²) in [5.41, 5.74) is 6.61. The molecule has 192 valence electrons. The summed E-state index contributed by atoms with van der Waals surface area (Å²) >= 11 is 0. The van der Waals surface area contributed by atoms with Crippen LogP contribution in [0.4, 0.5) is 27.8 Å². The van der Waals surface area contributed by atoms with Crippen LogP contribution in [0.2, 0.25) is 0 Å². The molecule has 0 aliphatic rings. The highest BCUT2D eigenvalue weighted by Gasteiger charge is 2.35. The third kappa shape index (κ3) is 3.95. The number of nitrogen functional groups attached to an aromatic ring is 1. The fourth-order valence-electron chi connectivity index (χ4n) is 4.19. The Labute approximate surface area is 210 Å². The average Bonchev–Trinajstić information content (AvgIpc) is 3.50. The first-order chi connectivity index (χ1) is 18.2. The van der Waals surface area contributed by atoms with Gasteiger partial charge in [-0.1, -0.05) is 18.2 Å². The fourth-order valence-corrected chi connectivity index (χ4v) is 4.19. The summed E-state index contributed by atoms with van der Waals surface area (Å²) < 4.78 is 69.7. The number of halogens is 5. The summed E-state index contributed by atoms with van der Waals surface area (Å²) in [4.78, 5) is 15.0. The molecule has 5 rings (SSSR count). The molecule has 0 saturated carbocycles. The van der Waals surface area contributed by atoms with Gasteiger partial charge in [0.25, 0.3) is 0 Å². The standard InChI is InChI=1S/C23H15F5N10/c1-2-14(13-9-37(36-35-13)15-5-3-4-12(24)19(15)25)38-16(6-29)17(18-20(30)33-10-34-21(18)38)11-7-31-22(32-8-11)23(26,27)28/h3-5,7-10,14H,2H2,1H3,(H2,30,33,34)/t14-/m0/s1. The van der Waals surface area contributed by atoms with E-state index in [4.69, 9.17) is 5.73 Å². The molecule has 10 nitrogen and oxygen atoms in total. The Balaban J connectivity index is 1.71. The van der Waals surface area contributed by atoms with E-state index in [2.05, 4.69) is 36.3 Å². The van der Waals surface area contributed by atoms with Crippen molar-refractivity contribution in [2.45, 2.75) is 25.6 Å². The van der Waals surface area contributed by atoms with Crippen molar-refractivity contribution in [2.24, 2.45) is 0 Å². The predicted molar refractivity (Wildman–Crippen MR) is 122 cm³/mol. The van der Waals surface area contributed by atoms with Gasteiger partial charge in [0.05, 0.1) is 17.6 Å². The zero-order chi connectivity index (χ0) is 27.2. The van der Waals surface area contributed by atoms with E-state index in [1.165, 1.54) is 29.2 Å². The topological polar surface area (TPSA) is 137 Å². The number of aromatic nitrogens is 8. The van der Waals surface area contributed by atoms with Gasteiger partial charge in [-0.3, -0.25) is 0 Å². The van der Waals surface area contributed by atoms with E-state index in [-0.39, 0.29) is 45.1 Å². The van der Waals surface area contributed by atoms with Crippen molar-refractivity contribution in [2.75, 3.05) is 5.73 Å². The third-order valence-electron chi connectivity index (χ3n) is 5.84. The molecule has 38 heavy (non-hydrogen) atoms. The molecule has 0 unspecified atom stereocenters. The number of benzene rings is 1. The van der Waals surface area contributed by atoms with Crippen molar-refractivity contribution in [3.05, 3.63) is 72.0 Å². The van der Waals surface area contributed by atoms with Crippen LogP contribution in [0.1, 0.15) is 36.6 Å². The van der Waals surface area contributed by atoms with Crippen LogP contribution in [0.5, 0.6) is 0 Å². The van der Waals surface area contributed by atoms with Gasteiger partial charge < -0.3 is 10.3 Å². The van der Waals surface area contributed by atoms with Crippen molar-refractivity contribution in [1.82, 2.24) is 39.5 Å². The van der Waals surface area contributed by atoms with E-state index >= 15 is 0 Å². The van der Waals surface area contributed by atoms with E-state index in [1.807, 2.05) is 0 Å². The average molecular weight is 526 g/mol. The fraction of sp³-hybridized carbons (Fsp3) is 0.174. The summed E-state index contributed by atoms with van der Waals surface area (Å²) in [6.45, 7) is 1.78. The number of fused-ring (bicyclic) bond motifs is 1. The van der Waals surface area contributed by atoms with Crippen LogP contribution < -0.4 is 5.73 Å². The minimum Gasteiger partial charge on any atom is -0.383 e. The van der Waals surface area contributed by atoms with E-state index in [9.17, 15) is 27.2 Å². The molecule has 5 aromatic rings. The van der Waals surface area contributed by atoms with Crippen LogP contribution in [0.3, 0.4) is 0 Å². The number of hydrogen-bond acceptors (Lipinski definition) is 8. The molecule has 0 radical (unpaired) electrons. The van der Waals surface area contributed by atoms with E-state index < -0.39 is 29.7 Å². The first-order valence-corrected chi connectivity index (χ1v) is 11.0. The van der Waals surface area contributed by atoms with Crippen LogP contribution in [0, 0.1) is 23.0 Å². The Morgan fingerprint density at radius 3 is 2.50 bits per heavy atom. The van der Waals surface area contributed by atoms with Crippen LogP contribution in [-0.2, 0) is 6.18 Å². The molecule has 15 heteroatoms. The molecule has 0 aliphatic carbocycles. The van der Waals surface area contributed by atoms with Crippen LogP contribution in [-0.4, -0.2) is 39.5 Å². The van der Waals surface area contributed by atoms with Crippen LogP contribution in [0.25, 0.3) is 27.8 Å². The van der Waals surface area contributed by atoms with Crippen molar-refractivity contribution in [3.8, 4) is 22.9 Å². The first-order valence-electron chi connectivity index (χ1n) is 11.0. The van der Waals surface area contributed by atoms with Crippen molar-refractivity contribution in [3.63, 3.8) is 0 Å². The molecular weight excluding hydrogens is 511 g/mol. The molecule has 4 heterocycles. The second kappa shape index (κ2) is 9.14. The Bertz CT molecular complexity index is 1700. The van der Waals surface area contributed by atoms with Gasteiger partial charge in [0.1, 0.15) is 40.9 Å². The largest absolute Gasteiger partial charge is 0.451 e. The zero-order valence-corrected chi connectivity index (χ0v) is 19.3. The number of nitriles is 1. The number of nitrogens with zero attached hydrogens (tertiary/aromatic N) is 9. The molecule has 0 saturated heterocycles. The summed E-state index contributed by atoms with van der Waals surface area (Å²) in [6.07, 6.45) is -0.000489. The lowest BCUT2D eigenvalue weighted by Crippen LogP contribution is -2.13. The summed E-state index contributed by atoms with van der Waals surface area (Å²) in [6, 6.07) is 4.95. The SMILES string of the molecule is CC[C@@H](c1cn(-c2cccc(F)c2F)nn1)n1c(C#N)c(-c2cnc(C(F)(F)F)nc2)c2c(N)ncnc21. The molecule has 1 aromatic carbocycles. The molecule has 0 amide bonds. The number of nitrogens with two attached hydrogens (primary N) is 1. The maximum Gasteiger partial charge on any atom is 0.451 e.